The van der Waals surface area contributed by atoms with Gasteiger partial charge >= 0.3 is 0 Å². The Hall–Kier alpha value is -0.810. The smallest absolute Gasteiger partial charge is 0.210 e. The number of ether oxygens (including phenoxy) is 1. The third-order valence-electron chi connectivity index (χ3n) is 1.86. The van der Waals surface area contributed by atoms with E-state index in [0.717, 1.165) is 6.42 Å². The molecule has 2 heteroatoms. The third kappa shape index (κ3) is 3.61. The second kappa shape index (κ2) is 3.93. The van der Waals surface area contributed by atoms with Crippen LogP contribution in [0.5, 0.6) is 0 Å². The first-order valence-corrected chi connectivity index (χ1v) is 4.64. The molecular formula is C11H16O2. The molecule has 0 bridgehead atoms. The van der Waals surface area contributed by atoms with E-state index in [2.05, 4.69) is 11.8 Å². The van der Waals surface area contributed by atoms with E-state index < -0.39 is 0 Å². The highest BCUT2D eigenvalue weighted by Gasteiger charge is 2.22. The van der Waals surface area contributed by atoms with Crippen molar-refractivity contribution < 1.29 is 9.53 Å². The molecule has 0 radical (unpaired) electrons. The van der Waals surface area contributed by atoms with Crippen LogP contribution in [0, 0.1) is 23.2 Å². The summed E-state index contributed by atoms with van der Waals surface area (Å²) in [5.74, 6) is 5.70. The highest BCUT2D eigenvalue weighted by Crippen LogP contribution is 2.14. The van der Waals surface area contributed by atoms with Gasteiger partial charge in [-0.2, -0.15) is 0 Å². The van der Waals surface area contributed by atoms with Gasteiger partial charge in [-0.25, -0.2) is 0 Å². The Kier molecular flexibility index (Phi) is 3.11. The number of ketones is 1. The third-order valence-corrected chi connectivity index (χ3v) is 1.86. The van der Waals surface area contributed by atoms with Crippen molar-refractivity contribution in [3.05, 3.63) is 0 Å². The predicted molar refractivity (Wildman–Crippen MR) is 51.2 cm³/mol. The molecule has 0 N–H and O–H groups in total. The van der Waals surface area contributed by atoms with Gasteiger partial charge in [0, 0.05) is 12.0 Å². The summed E-state index contributed by atoms with van der Waals surface area (Å²) in [4.78, 5) is 11.4. The Morgan fingerprint density at radius 3 is 2.62 bits per heavy atom. The van der Waals surface area contributed by atoms with E-state index in [0.29, 0.717) is 13.2 Å². The van der Waals surface area contributed by atoms with E-state index in [1.54, 1.807) is 0 Å². The van der Waals surface area contributed by atoms with Crippen molar-refractivity contribution in [1.29, 1.82) is 0 Å². The first-order chi connectivity index (χ1) is 5.99. The first-order valence-electron chi connectivity index (χ1n) is 4.64. The lowest BCUT2D eigenvalue weighted by Crippen LogP contribution is -2.12. The molecule has 1 atom stereocenters. The van der Waals surface area contributed by atoms with Crippen LogP contribution in [-0.2, 0) is 9.53 Å². The molecule has 72 valence electrons. The van der Waals surface area contributed by atoms with Gasteiger partial charge in [0.1, 0.15) is 0 Å². The van der Waals surface area contributed by atoms with Crippen molar-refractivity contribution in [2.24, 2.45) is 11.3 Å². The molecule has 13 heavy (non-hydrogen) atoms. The molecule has 1 fully saturated rings. The zero-order valence-corrected chi connectivity index (χ0v) is 8.52. The number of Topliss-reactive ketones (excluding diaryl/α,β-unsaturated/α-hetero) is 1. The fourth-order valence-corrected chi connectivity index (χ4v) is 1.09. The molecule has 0 saturated carbocycles. The van der Waals surface area contributed by atoms with Gasteiger partial charge in [-0.1, -0.05) is 5.92 Å². The van der Waals surface area contributed by atoms with Crippen LogP contribution >= 0.6 is 0 Å². The van der Waals surface area contributed by atoms with E-state index in [1.807, 2.05) is 20.8 Å². The van der Waals surface area contributed by atoms with E-state index in [1.165, 1.54) is 0 Å². The molecule has 1 rings (SSSR count). The largest absolute Gasteiger partial charge is 0.381 e. The van der Waals surface area contributed by atoms with Crippen LogP contribution in [0.25, 0.3) is 0 Å². The number of hydrogen-bond donors (Lipinski definition) is 0. The summed E-state index contributed by atoms with van der Waals surface area (Å²) in [5.41, 5.74) is -0.0882. The summed E-state index contributed by atoms with van der Waals surface area (Å²) >= 11 is 0. The average molecular weight is 180 g/mol. The summed E-state index contributed by atoms with van der Waals surface area (Å²) < 4.78 is 5.12. The standard InChI is InChI=1S/C11H16O2/c1-11(2,3)6-4-10(12)9-5-7-13-8-9/h9H,5,7-8H2,1-3H3/t9-/m1/s1. The SMILES string of the molecule is CC(C)(C)C#CC(=O)[C@@H]1CCOC1. The number of rotatable bonds is 1. The van der Waals surface area contributed by atoms with Crippen molar-refractivity contribution in [2.45, 2.75) is 27.2 Å². The van der Waals surface area contributed by atoms with E-state index in [-0.39, 0.29) is 17.1 Å². The Morgan fingerprint density at radius 2 is 2.15 bits per heavy atom. The summed E-state index contributed by atoms with van der Waals surface area (Å²) in [6.07, 6.45) is 0.831. The van der Waals surface area contributed by atoms with Gasteiger partial charge in [0.25, 0.3) is 0 Å². The molecule has 1 aliphatic heterocycles. The highest BCUT2D eigenvalue weighted by atomic mass is 16.5. The van der Waals surface area contributed by atoms with Gasteiger partial charge in [0.05, 0.1) is 12.5 Å². The lowest BCUT2D eigenvalue weighted by atomic mass is 9.96. The fourth-order valence-electron chi connectivity index (χ4n) is 1.09. The maximum atomic E-state index is 11.4. The minimum Gasteiger partial charge on any atom is -0.381 e. The Labute approximate surface area is 79.7 Å². The van der Waals surface area contributed by atoms with Crippen molar-refractivity contribution in [1.82, 2.24) is 0 Å². The second-order valence-electron chi connectivity index (χ2n) is 4.42. The van der Waals surface area contributed by atoms with Crippen LogP contribution in [0.4, 0.5) is 0 Å². The summed E-state index contributed by atoms with van der Waals surface area (Å²) in [6, 6.07) is 0. The lowest BCUT2D eigenvalue weighted by Gasteiger charge is -2.07. The van der Waals surface area contributed by atoms with Gasteiger partial charge < -0.3 is 4.74 Å². The first kappa shape index (κ1) is 10.3. The van der Waals surface area contributed by atoms with Crippen LogP contribution in [0.15, 0.2) is 0 Å². The minimum absolute atomic E-state index is 0.0230. The van der Waals surface area contributed by atoms with Crippen molar-refractivity contribution in [3.63, 3.8) is 0 Å². The van der Waals surface area contributed by atoms with Gasteiger partial charge in [0.2, 0.25) is 5.78 Å². The molecule has 0 unspecified atom stereocenters. The molecule has 1 aliphatic rings. The molecule has 1 heterocycles. The van der Waals surface area contributed by atoms with Gasteiger partial charge in [-0.15, -0.1) is 0 Å². The Morgan fingerprint density at radius 1 is 1.46 bits per heavy atom. The molecular weight excluding hydrogens is 164 g/mol. The minimum atomic E-state index is -0.0882. The zero-order chi connectivity index (χ0) is 9.90. The highest BCUT2D eigenvalue weighted by molar-refractivity contribution is 5.97. The molecule has 0 aromatic heterocycles. The number of carbonyl (C=O) groups is 1. The number of carbonyl (C=O) groups excluding carboxylic acids is 1. The van der Waals surface area contributed by atoms with Crippen LogP contribution in [0.2, 0.25) is 0 Å². The fraction of sp³-hybridized carbons (Fsp3) is 0.727. The Bertz CT molecular complexity index is 243. The maximum absolute atomic E-state index is 11.4. The molecule has 0 spiro atoms. The van der Waals surface area contributed by atoms with Crippen molar-refractivity contribution in [2.75, 3.05) is 13.2 Å². The van der Waals surface area contributed by atoms with E-state index in [4.69, 9.17) is 4.74 Å². The molecule has 0 aliphatic carbocycles. The quantitative estimate of drug-likeness (QED) is 0.453. The molecule has 0 amide bonds. The van der Waals surface area contributed by atoms with E-state index >= 15 is 0 Å². The maximum Gasteiger partial charge on any atom is 0.210 e. The van der Waals surface area contributed by atoms with Crippen LogP contribution < -0.4 is 0 Å². The van der Waals surface area contributed by atoms with Crippen LogP contribution in [0.1, 0.15) is 27.2 Å². The van der Waals surface area contributed by atoms with Gasteiger partial charge in [0.15, 0.2) is 0 Å². The van der Waals surface area contributed by atoms with Crippen molar-refractivity contribution in [3.8, 4) is 11.8 Å². The van der Waals surface area contributed by atoms with Gasteiger partial charge in [-0.05, 0) is 33.1 Å². The molecule has 1 saturated heterocycles. The normalized spacial score (nSPS) is 22.2. The Balaban J connectivity index is 2.52. The average Bonchev–Trinajstić information content (AvgIpc) is 2.50. The summed E-state index contributed by atoms with van der Waals surface area (Å²) in [7, 11) is 0. The topological polar surface area (TPSA) is 26.3 Å². The molecule has 2 nitrogen and oxygen atoms in total. The van der Waals surface area contributed by atoms with Gasteiger partial charge in [-0.3, -0.25) is 4.79 Å². The van der Waals surface area contributed by atoms with E-state index in [9.17, 15) is 4.79 Å². The van der Waals surface area contributed by atoms with Crippen LogP contribution in [-0.4, -0.2) is 19.0 Å². The van der Waals surface area contributed by atoms with Crippen LogP contribution in [0.3, 0.4) is 0 Å². The van der Waals surface area contributed by atoms with Crippen molar-refractivity contribution >= 4 is 5.78 Å². The zero-order valence-electron chi connectivity index (χ0n) is 8.52. The lowest BCUT2D eigenvalue weighted by molar-refractivity contribution is -0.117. The number of hydrogen-bond acceptors (Lipinski definition) is 2. The molecule has 0 aromatic rings. The summed E-state index contributed by atoms with van der Waals surface area (Å²) in [5, 5.41) is 0. The predicted octanol–water partition coefficient (Wildman–Crippen LogP) is 1.64. The second-order valence-corrected chi connectivity index (χ2v) is 4.42. The summed E-state index contributed by atoms with van der Waals surface area (Å²) in [6.45, 7) is 7.25. The molecule has 0 aromatic carbocycles. The monoisotopic (exact) mass is 180 g/mol.